The Kier molecular flexibility index (Phi) is 15.9. The molecule has 1 amide bonds. The van der Waals surface area contributed by atoms with Gasteiger partial charge in [-0.05, 0) is 81.8 Å². The van der Waals surface area contributed by atoms with Gasteiger partial charge in [-0.3, -0.25) is 4.79 Å². The molecule has 2 fully saturated rings. The van der Waals surface area contributed by atoms with Gasteiger partial charge in [0.1, 0.15) is 11.7 Å². The molecule has 1 unspecified atom stereocenters. The van der Waals surface area contributed by atoms with Crippen LogP contribution in [0, 0.1) is 29.1 Å². The van der Waals surface area contributed by atoms with E-state index in [9.17, 15) is 9.59 Å². The third-order valence-corrected chi connectivity index (χ3v) is 10.8. The van der Waals surface area contributed by atoms with Crippen LogP contribution in [0.1, 0.15) is 108 Å². The van der Waals surface area contributed by atoms with Crippen LogP contribution in [0.2, 0.25) is 0 Å². The molecule has 9 nitrogen and oxygen atoms in total. The summed E-state index contributed by atoms with van der Waals surface area (Å²) in [5, 5.41) is 3.29. The summed E-state index contributed by atoms with van der Waals surface area (Å²) < 4.78 is 30.9. The number of ether oxygens (including phenoxy) is 5. The zero-order valence-electron chi connectivity index (χ0n) is 32.5. The maximum atomic E-state index is 13.4. The van der Waals surface area contributed by atoms with Gasteiger partial charge >= 0.3 is 12.1 Å². The Hall–Kier alpha value is -2.20. The van der Waals surface area contributed by atoms with Gasteiger partial charge in [0.2, 0.25) is 0 Å². The van der Waals surface area contributed by atoms with E-state index in [2.05, 4.69) is 65.1 Å². The van der Waals surface area contributed by atoms with E-state index in [0.29, 0.717) is 63.0 Å². The molecule has 0 aliphatic carbocycles. The molecule has 0 radical (unpaired) electrons. The van der Waals surface area contributed by atoms with Crippen molar-refractivity contribution in [2.75, 3.05) is 32.8 Å². The van der Waals surface area contributed by atoms with Crippen molar-refractivity contribution in [2.45, 2.75) is 145 Å². The Morgan fingerprint density at radius 3 is 2.51 bits per heavy atom. The molecule has 3 rings (SSSR count). The molecule has 10 atom stereocenters. The molecule has 9 heteroatoms. The Bertz CT molecular complexity index is 1150. The highest BCUT2D eigenvalue weighted by Gasteiger charge is 2.46. The molecular weight excluding hydrogens is 620 g/mol. The van der Waals surface area contributed by atoms with Crippen molar-refractivity contribution in [3.8, 4) is 0 Å². The summed E-state index contributed by atoms with van der Waals surface area (Å²) in [6.07, 6.45) is 12.6. The summed E-state index contributed by atoms with van der Waals surface area (Å²) >= 11 is 0. The normalized spacial score (nSPS) is 33.2. The minimum absolute atomic E-state index is 0.0416. The quantitative estimate of drug-likeness (QED) is 0.0687. The fraction of sp³-hybridized carbons (Fsp3) is 0.800. The van der Waals surface area contributed by atoms with E-state index in [1.165, 1.54) is 6.42 Å². The van der Waals surface area contributed by atoms with Gasteiger partial charge in [-0.2, -0.15) is 0 Å². The second-order valence-corrected chi connectivity index (χ2v) is 15.8. The highest BCUT2D eigenvalue weighted by molar-refractivity contribution is 5.70. The van der Waals surface area contributed by atoms with E-state index < -0.39 is 24.1 Å². The number of hydrogen-bond acceptors (Lipinski definition) is 8. The monoisotopic (exact) mass is 689 g/mol. The van der Waals surface area contributed by atoms with Crippen LogP contribution in [-0.2, 0) is 28.5 Å². The van der Waals surface area contributed by atoms with E-state index in [4.69, 9.17) is 23.7 Å². The number of esters is 1. The standard InChI is InChI=1S/C40H68N2O7/c1-12-28(4)31(7)37-33(46-37)26-39(9,10)19-14-15-29(5)36-30(6)16-17-34(47-38(44)42-23-21-41-22-24-42)40(11,49-32(8)45-13-2)20-18-27(3)25-35(43)48-36/h14-17,19,27-28,30-34,36-37,41H,12-13,18,20-26H2,1-11H3/b17-16+,19-14+,29-15+/t27-,28+,30+,31-,32?,33-,34+,36-,37-,40-/m1/s1. The molecule has 280 valence electrons. The highest BCUT2D eigenvalue weighted by atomic mass is 16.7. The van der Waals surface area contributed by atoms with Crippen LogP contribution in [0.5, 0.6) is 0 Å². The maximum absolute atomic E-state index is 13.4. The lowest BCUT2D eigenvalue weighted by atomic mass is 9.83. The lowest BCUT2D eigenvalue weighted by molar-refractivity contribution is -0.221. The number of carbonyl (C=O) groups is 2. The van der Waals surface area contributed by atoms with E-state index in [1.807, 2.05) is 46.8 Å². The number of nitrogens with zero attached hydrogens (tertiary/aromatic N) is 1. The molecule has 3 heterocycles. The van der Waals surface area contributed by atoms with Crippen molar-refractivity contribution in [3.63, 3.8) is 0 Å². The van der Waals surface area contributed by atoms with Crippen LogP contribution in [0.15, 0.2) is 36.0 Å². The second kappa shape index (κ2) is 18.9. The number of carbonyl (C=O) groups excluding carboxylic acids is 2. The molecule has 0 aromatic carbocycles. The van der Waals surface area contributed by atoms with Crippen molar-refractivity contribution in [3.05, 3.63) is 36.0 Å². The van der Waals surface area contributed by atoms with E-state index in [0.717, 1.165) is 25.1 Å². The third kappa shape index (κ3) is 12.8. The molecule has 0 bridgehead atoms. The Balaban J connectivity index is 1.84. The first-order chi connectivity index (χ1) is 23.1. The molecule has 0 saturated carbocycles. The topological polar surface area (TPSA) is 98.9 Å². The number of hydrogen-bond donors (Lipinski definition) is 1. The molecule has 0 spiro atoms. The van der Waals surface area contributed by atoms with Crippen LogP contribution < -0.4 is 5.32 Å². The van der Waals surface area contributed by atoms with Gasteiger partial charge in [0, 0.05) is 45.1 Å². The number of epoxide rings is 1. The van der Waals surface area contributed by atoms with Crippen LogP contribution in [0.25, 0.3) is 0 Å². The summed E-state index contributed by atoms with van der Waals surface area (Å²) in [5.41, 5.74) is 0.0312. The van der Waals surface area contributed by atoms with Crippen LogP contribution in [0.4, 0.5) is 4.79 Å². The minimum Gasteiger partial charge on any atom is -0.457 e. The maximum Gasteiger partial charge on any atom is 0.410 e. The van der Waals surface area contributed by atoms with Gasteiger partial charge < -0.3 is 33.9 Å². The smallest absolute Gasteiger partial charge is 0.410 e. The Labute approximate surface area is 297 Å². The average molecular weight is 689 g/mol. The fourth-order valence-electron chi connectivity index (χ4n) is 7.04. The van der Waals surface area contributed by atoms with Crippen LogP contribution in [-0.4, -0.2) is 86.1 Å². The summed E-state index contributed by atoms with van der Waals surface area (Å²) in [5.74, 6) is 0.861. The molecule has 1 N–H and O–H groups in total. The molecule has 49 heavy (non-hydrogen) atoms. The molecule has 0 aromatic heterocycles. The number of amides is 1. The summed E-state index contributed by atoms with van der Waals surface area (Å²) in [7, 11) is 0. The Morgan fingerprint density at radius 2 is 1.86 bits per heavy atom. The number of rotatable bonds is 13. The molecular formula is C40H68N2O7. The predicted octanol–water partition coefficient (Wildman–Crippen LogP) is 7.85. The van der Waals surface area contributed by atoms with E-state index in [-0.39, 0.29) is 29.3 Å². The average Bonchev–Trinajstić information content (AvgIpc) is 3.81. The number of cyclic esters (lactones) is 1. The van der Waals surface area contributed by atoms with Crippen molar-refractivity contribution in [2.24, 2.45) is 29.1 Å². The first-order valence-electron chi connectivity index (χ1n) is 18.9. The van der Waals surface area contributed by atoms with Crippen molar-refractivity contribution < 1.29 is 33.3 Å². The lowest BCUT2D eigenvalue weighted by Crippen LogP contribution is -2.51. The number of piperazine rings is 1. The first kappa shape index (κ1) is 41.2. The van der Waals surface area contributed by atoms with Gasteiger partial charge in [0.15, 0.2) is 12.4 Å². The molecule has 3 aliphatic heterocycles. The van der Waals surface area contributed by atoms with Crippen LogP contribution in [0.3, 0.4) is 0 Å². The third-order valence-electron chi connectivity index (χ3n) is 10.8. The zero-order chi connectivity index (χ0) is 36.4. The number of nitrogens with one attached hydrogen (secondary N) is 1. The minimum atomic E-state index is -0.878. The Morgan fingerprint density at radius 1 is 1.16 bits per heavy atom. The van der Waals surface area contributed by atoms with Gasteiger partial charge in [0.25, 0.3) is 0 Å². The molecule has 0 aromatic rings. The van der Waals surface area contributed by atoms with E-state index in [1.54, 1.807) is 4.90 Å². The van der Waals surface area contributed by atoms with Gasteiger partial charge in [-0.25, -0.2) is 4.79 Å². The summed E-state index contributed by atoms with van der Waals surface area (Å²) in [4.78, 5) is 28.4. The van der Waals surface area contributed by atoms with E-state index >= 15 is 0 Å². The highest BCUT2D eigenvalue weighted by Crippen LogP contribution is 2.41. The number of allylic oxidation sites excluding steroid dienone is 3. The summed E-state index contributed by atoms with van der Waals surface area (Å²) in [6, 6.07) is 0. The van der Waals surface area contributed by atoms with Crippen molar-refractivity contribution in [1.82, 2.24) is 10.2 Å². The van der Waals surface area contributed by atoms with Crippen molar-refractivity contribution >= 4 is 12.1 Å². The molecule has 2 saturated heterocycles. The van der Waals surface area contributed by atoms with Crippen molar-refractivity contribution in [1.29, 1.82) is 0 Å². The van der Waals surface area contributed by atoms with Crippen LogP contribution >= 0.6 is 0 Å². The fourth-order valence-corrected chi connectivity index (χ4v) is 7.04. The SMILES string of the molecule is CCOC(C)O[C@]1(C)CC[C@@H](C)CC(=O)O[C@H](/C(C)=C/C=C/C(C)(C)C[C@H]2O[C@@H]2[C@H](C)[C@@H](C)CC)[C@@H](C)/C=C/[C@@H]1OC(=O)N1CCNCC1. The lowest BCUT2D eigenvalue weighted by Gasteiger charge is -2.40. The van der Waals surface area contributed by atoms with Gasteiger partial charge in [0.05, 0.1) is 12.2 Å². The van der Waals surface area contributed by atoms with Gasteiger partial charge in [-0.15, -0.1) is 0 Å². The molecule has 3 aliphatic rings. The predicted molar refractivity (Wildman–Crippen MR) is 195 cm³/mol. The zero-order valence-corrected chi connectivity index (χ0v) is 32.5. The largest absolute Gasteiger partial charge is 0.457 e. The second-order valence-electron chi connectivity index (χ2n) is 15.8. The van der Waals surface area contributed by atoms with Gasteiger partial charge in [-0.1, -0.05) is 79.2 Å². The summed E-state index contributed by atoms with van der Waals surface area (Å²) in [6.45, 7) is 26.4. The first-order valence-corrected chi connectivity index (χ1v) is 18.9.